The summed E-state index contributed by atoms with van der Waals surface area (Å²) in [5.41, 5.74) is 3.32. The van der Waals surface area contributed by atoms with Gasteiger partial charge in [-0.15, -0.1) is 6.58 Å². The number of anilines is 2. The van der Waals surface area contributed by atoms with Crippen LogP contribution in [0.3, 0.4) is 0 Å². The van der Waals surface area contributed by atoms with Crippen LogP contribution in [0.4, 0.5) is 24.8 Å². The summed E-state index contributed by atoms with van der Waals surface area (Å²) < 4.78 is 45.6. The Hall–Kier alpha value is -3.30. The molecule has 10 heteroatoms. The summed E-state index contributed by atoms with van der Waals surface area (Å²) in [4.78, 5) is 9.34. The maximum Gasteiger partial charge on any atom is 0.392 e. The molecule has 0 N–H and O–H groups in total. The van der Waals surface area contributed by atoms with Gasteiger partial charge in [0.1, 0.15) is 11.6 Å². The van der Waals surface area contributed by atoms with Gasteiger partial charge < -0.3 is 14.3 Å². The normalized spacial score (nSPS) is 14.1. The van der Waals surface area contributed by atoms with Crippen LogP contribution >= 0.6 is 0 Å². The molecular formula is C29H41F3N6O. The molecule has 39 heavy (non-hydrogen) atoms. The Morgan fingerprint density at radius 2 is 1.92 bits per heavy atom. The SMILES string of the molecule is C=CC.CCN(CC1CCC1)c1nc2c(cc1CN(C/C(C)=C/CC(F)(F)F)c1cc(C)on1)c(C)nn2C. The number of alkyl halides is 3. The molecule has 3 aromatic rings. The lowest BCUT2D eigenvalue weighted by Crippen LogP contribution is -2.34. The minimum atomic E-state index is -4.24. The van der Waals surface area contributed by atoms with Gasteiger partial charge in [-0.2, -0.15) is 18.3 Å². The number of aromatic nitrogens is 4. The largest absolute Gasteiger partial charge is 0.392 e. The van der Waals surface area contributed by atoms with Gasteiger partial charge in [-0.1, -0.05) is 29.3 Å². The van der Waals surface area contributed by atoms with Crippen molar-refractivity contribution in [2.24, 2.45) is 13.0 Å². The van der Waals surface area contributed by atoms with Crippen molar-refractivity contribution >= 4 is 22.7 Å². The molecule has 0 unspecified atom stereocenters. The lowest BCUT2D eigenvalue weighted by atomic mass is 9.85. The van der Waals surface area contributed by atoms with Crippen LogP contribution in [0.5, 0.6) is 0 Å². The first-order chi connectivity index (χ1) is 18.4. The van der Waals surface area contributed by atoms with Crippen LogP contribution in [0.1, 0.15) is 63.5 Å². The highest BCUT2D eigenvalue weighted by Crippen LogP contribution is 2.32. The first kappa shape index (κ1) is 30.2. The van der Waals surface area contributed by atoms with Crippen molar-refractivity contribution in [3.63, 3.8) is 0 Å². The topological polar surface area (TPSA) is 63.2 Å². The molecule has 1 saturated carbocycles. The van der Waals surface area contributed by atoms with E-state index in [4.69, 9.17) is 9.51 Å². The third-order valence-electron chi connectivity index (χ3n) is 6.86. The van der Waals surface area contributed by atoms with Crippen molar-refractivity contribution in [3.05, 3.63) is 53.5 Å². The average Bonchev–Trinajstić information content (AvgIpc) is 3.39. The first-order valence-corrected chi connectivity index (χ1v) is 13.5. The fourth-order valence-corrected chi connectivity index (χ4v) is 4.70. The highest BCUT2D eigenvalue weighted by molar-refractivity contribution is 5.81. The molecule has 3 heterocycles. The molecule has 0 aromatic carbocycles. The first-order valence-electron chi connectivity index (χ1n) is 13.5. The van der Waals surface area contributed by atoms with Crippen molar-refractivity contribution < 1.29 is 17.7 Å². The Morgan fingerprint density at radius 1 is 1.23 bits per heavy atom. The summed E-state index contributed by atoms with van der Waals surface area (Å²) in [5, 5.41) is 9.70. The summed E-state index contributed by atoms with van der Waals surface area (Å²) in [6.07, 6.45) is 1.52. The standard InChI is InChI=1S/C26H35F3N6O.C3H6/c1-6-34(15-20-8-7-9-20)24-21(13-22-19(4)31-33(5)25(22)30-24)16-35(23-12-18(3)36-32-23)14-17(2)10-11-26(27,28)29;1-3-2/h10,12-13,20H,6-9,11,14-16H2,1-5H3;3H,1H2,2H3/b17-10+;. The molecule has 7 nitrogen and oxygen atoms in total. The number of hydrogen-bond donors (Lipinski definition) is 0. The predicted octanol–water partition coefficient (Wildman–Crippen LogP) is 7.30. The second-order valence-corrected chi connectivity index (χ2v) is 10.3. The van der Waals surface area contributed by atoms with Crippen LogP contribution in [-0.4, -0.2) is 45.7 Å². The predicted molar refractivity (Wildman–Crippen MR) is 151 cm³/mol. The second kappa shape index (κ2) is 13.2. The summed E-state index contributed by atoms with van der Waals surface area (Å²) in [6, 6.07) is 3.93. The number of hydrogen-bond acceptors (Lipinski definition) is 6. The van der Waals surface area contributed by atoms with E-state index in [9.17, 15) is 13.2 Å². The van der Waals surface area contributed by atoms with Crippen molar-refractivity contribution in [1.29, 1.82) is 0 Å². The molecule has 1 aliphatic carbocycles. The van der Waals surface area contributed by atoms with Gasteiger partial charge in [0.25, 0.3) is 0 Å². The zero-order chi connectivity index (χ0) is 28.7. The van der Waals surface area contributed by atoms with Gasteiger partial charge in [0.05, 0.1) is 12.1 Å². The number of nitrogens with zero attached hydrogens (tertiary/aromatic N) is 6. The third kappa shape index (κ3) is 8.10. The van der Waals surface area contributed by atoms with E-state index in [-0.39, 0.29) is 0 Å². The van der Waals surface area contributed by atoms with Crippen LogP contribution in [0, 0.1) is 19.8 Å². The molecule has 1 aliphatic rings. The molecule has 0 radical (unpaired) electrons. The van der Waals surface area contributed by atoms with Crippen molar-refractivity contribution in [3.8, 4) is 0 Å². The monoisotopic (exact) mass is 546 g/mol. The van der Waals surface area contributed by atoms with Crippen LogP contribution in [0.15, 0.2) is 41.0 Å². The molecular weight excluding hydrogens is 505 g/mol. The number of allylic oxidation sites excluding steroid dienone is 2. The van der Waals surface area contributed by atoms with Gasteiger partial charge in [-0.05, 0) is 59.4 Å². The molecule has 214 valence electrons. The average molecular weight is 547 g/mol. The van der Waals surface area contributed by atoms with Crippen molar-refractivity contribution in [2.75, 3.05) is 29.4 Å². The van der Waals surface area contributed by atoms with Crippen LogP contribution in [0.2, 0.25) is 0 Å². The Bertz CT molecular complexity index is 1270. The van der Waals surface area contributed by atoms with Gasteiger partial charge in [-0.3, -0.25) is 4.68 Å². The Morgan fingerprint density at radius 3 is 2.46 bits per heavy atom. The van der Waals surface area contributed by atoms with Crippen LogP contribution in [0.25, 0.3) is 11.0 Å². The van der Waals surface area contributed by atoms with E-state index in [1.54, 1.807) is 24.6 Å². The zero-order valence-corrected chi connectivity index (χ0v) is 24.0. The van der Waals surface area contributed by atoms with E-state index in [0.717, 1.165) is 41.2 Å². The fourth-order valence-electron chi connectivity index (χ4n) is 4.70. The molecule has 0 atom stereocenters. The second-order valence-electron chi connectivity index (χ2n) is 10.3. The third-order valence-corrected chi connectivity index (χ3v) is 6.86. The number of halogens is 3. The molecule has 0 aliphatic heterocycles. The van der Waals surface area contributed by atoms with E-state index in [0.29, 0.717) is 36.2 Å². The van der Waals surface area contributed by atoms with Gasteiger partial charge in [-0.25, -0.2) is 4.98 Å². The number of fused-ring (bicyclic) bond motifs is 1. The lowest BCUT2D eigenvalue weighted by Gasteiger charge is -2.34. The summed E-state index contributed by atoms with van der Waals surface area (Å²) in [6.45, 7) is 15.3. The Balaban J connectivity index is 0.00000134. The molecule has 0 amide bonds. The Labute approximate surface area is 229 Å². The molecule has 3 aromatic heterocycles. The smallest absolute Gasteiger partial charge is 0.360 e. The van der Waals surface area contributed by atoms with Crippen LogP contribution < -0.4 is 9.80 Å². The Kier molecular flexibility index (Phi) is 10.2. The molecule has 0 bridgehead atoms. The summed E-state index contributed by atoms with van der Waals surface area (Å²) in [5.74, 6) is 2.78. The van der Waals surface area contributed by atoms with E-state index in [1.165, 1.54) is 25.3 Å². The number of pyridine rings is 1. The molecule has 1 fully saturated rings. The molecule has 0 spiro atoms. The quantitative estimate of drug-likeness (QED) is 0.249. The number of rotatable bonds is 10. The summed E-state index contributed by atoms with van der Waals surface area (Å²) >= 11 is 0. The maximum absolute atomic E-state index is 12.8. The summed E-state index contributed by atoms with van der Waals surface area (Å²) in [7, 11) is 1.90. The van der Waals surface area contributed by atoms with Gasteiger partial charge in [0.2, 0.25) is 0 Å². The van der Waals surface area contributed by atoms with E-state index < -0.39 is 12.6 Å². The number of aryl methyl sites for hydroxylation is 3. The zero-order valence-electron chi connectivity index (χ0n) is 24.0. The molecule has 4 rings (SSSR count). The lowest BCUT2D eigenvalue weighted by molar-refractivity contribution is -0.125. The van der Waals surface area contributed by atoms with E-state index in [2.05, 4.69) is 34.7 Å². The van der Waals surface area contributed by atoms with Gasteiger partial charge in [0.15, 0.2) is 11.5 Å². The molecule has 0 saturated heterocycles. The minimum Gasteiger partial charge on any atom is -0.360 e. The maximum atomic E-state index is 12.8. The van der Waals surface area contributed by atoms with E-state index in [1.807, 2.05) is 31.9 Å². The van der Waals surface area contributed by atoms with Gasteiger partial charge >= 0.3 is 6.18 Å². The van der Waals surface area contributed by atoms with Gasteiger partial charge in [0, 0.05) is 50.2 Å². The highest BCUT2D eigenvalue weighted by atomic mass is 19.4. The highest BCUT2D eigenvalue weighted by Gasteiger charge is 2.27. The fraction of sp³-hybridized carbons (Fsp3) is 0.552. The minimum absolute atomic E-state index is 0.292. The van der Waals surface area contributed by atoms with Crippen molar-refractivity contribution in [2.45, 2.75) is 73.0 Å². The van der Waals surface area contributed by atoms with Crippen molar-refractivity contribution in [1.82, 2.24) is 19.9 Å². The van der Waals surface area contributed by atoms with Crippen LogP contribution in [-0.2, 0) is 13.6 Å². The van der Waals surface area contributed by atoms with E-state index >= 15 is 0 Å².